The van der Waals surface area contributed by atoms with E-state index in [1.165, 1.54) is 19.4 Å². The molecule has 0 aromatic carbocycles. The molecule has 0 saturated carbocycles. The molecule has 3 atom stereocenters. The van der Waals surface area contributed by atoms with E-state index in [-0.39, 0.29) is 17.9 Å². The van der Waals surface area contributed by atoms with Gasteiger partial charge in [-0.25, -0.2) is 0 Å². The van der Waals surface area contributed by atoms with Crippen molar-refractivity contribution in [3.05, 3.63) is 0 Å². The number of carbonyl (C=O) groups excluding carboxylic acids is 1. The minimum Gasteiger partial charge on any atom is -0.356 e. The van der Waals surface area contributed by atoms with Gasteiger partial charge in [-0.2, -0.15) is 0 Å². The summed E-state index contributed by atoms with van der Waals surface area (Å²) in [5.74, 6) is 0.942. The van der Waals surface area contributed by atoms with Crippen LogP contribution in [0.2, 0.25) is 0 Å². The average Bonchev–Trinajstić information content (AvgIpc) is 2.35. The fourth-order valence-electron chi connectivity index (χ4n) is 2.74. The molecular formula is C15H31N3O. The Hall–Kier alpha value is -0.610. The number of rotatable bonds is 7. The molecule has 4 nitrogen and oxygen atoms in total. The molecular weight excluding hydrogens is 238 g/mol. The number of nitrogens with two attached hydrogens (primary N) is 1. The lowest BCUT2D eigenvalue weighted by Crippen LogP contribution is -2.40. The molecule has 1 heterocycles. The van der Waals surface area contributed by atoms with Gasteiger partial charge in [-0.3, -0.25) is 4.79 Å². The summed E-state index contributed by atoms with van der Waals surface area (Å²) in [6, 6.07) is 0.244. The Labute approximate surface area is 118 Å². The normalized spacial score (nSPS) is 23.9. The Morgan fingerprint density at radius 3 is 2.79 bits per heavy atom. The molecule has 1 saturated heterocycles. The van der Waals surface area contributed by atoms with Crippen molar-refractivity contribution in [1.82, 2.24) is 10.2 Å². The molecule has 0 aromatic rings. The standard InChI is InChI=1S/C15H31N3O/c1-12(6-4-7-13(2)16)15(19)17-10-14-8-5-9-18(3)11-14/h12-14H,4-11,16H2,1-3H3,(H,17,19). The third-order valence-corrected chi connectivity index (χ3v) is 4.03. The van der Waals surface area contributed by atoms with Crippen molar-refractivity contribution < 1.29 is 4.79 Å². The second-order valence-corrected chi connectivity index (χ2v) is 6.32. The van der Waals surface area contributed by atoms with Gasteiger partial charge in [0.1, 0.15) is 0 Å². The van der Waals surface area contributed by atoms with E-state index in [1.54, 1.807) is 0 Å². The van der Waals surface area contributed by atoms with Crippen molar-refractivity contribution in [2.75, 3.05) is 26.7 Å². The van der Waals surface area contributed by atoms with Crippen molar-refractivity contribution >= 4 is 5.91 Å². The van der Waals surface area contributed by atoms with E-state index in [0.717, 1.165) is 32.4 Å². The Morgan fingerprint density at radius 1 is 1.42 bits per heavy atom. The molecule has 19 heavy (non-hydrogen) atoms. The van der Waals surface area contributed by atoms with E-state index in [1.807, 2.05) is 13.8 Å². The van der Waals surface area contributed by atoms with Gasteiger partial charge in [0.2, 0.25) is 5.91 Å². The third-order valence-electron chi connectivity index (χ3n) is 4.03. The second-order valence-electron chi connectivity index (χ2n) is 6.32. The van der Waals surface area contributed by atoms with Gasteiger partial charge >= 0.3 is 0 Å². The Bertz CT molecular complexity index is 268. The van der Waals surface area contributed by atoms with Gasteiger partial charge < -0.3 is 16.0 Å². The van der Waals surface area contributed by atoms with Crippen molar-refractivity contribution in [3.8, 4) is 0 Å². The number of nitrogens with zero attached hydrogens (tertiary/aromatic N) is 1. The molecule has 1 fully saturated rings. The average molecular weight is 269 g/mol. The van der Waals surface area contributed by atoms with Gasteiger partial charge in [0.15, 0.2) is 0 Å². The molecule has 1 rings (SSSR count). The van der Waals surface area contributed by atoms with Gasteiger partial charge in [-0.1, -0.05) is 13.3 Å². The zero-order chi connectivity index (χ0) is 14.3. The monoisotopic (exact) mass is 269 g/mol. The van der Waals surface area contributed by atoms with Gasteiger partial charge in [0, 0.05) is 25.0 Å². The maximum Gasteiger partial charge on any atom is 0.222 e. The summed E-state index contributed by atoms with van der Waals surface area (Å²) in [5.41, 5.74) is 5.72. The highest BCUT2D eigenvalue weighted by atomic mass is 16.1. The molecule has 3 unspecified atom stereocenters. The van der Waals surface area contributed by atoms with Crippen molar-refractivity contribution in [1.29, 1.82) is 0 Å². The maximum atomic E-state index is 12.0. The number of hydrogen-bond donors (Lipinski definition) is 2. The number of nitrogens with one attached hydrogen (secondary N) is 1. The topological polar surface area (TPSA) is 58.4 Å². The van der Waals surface area contributed by atoms with Gasteiger partial charge in [0.05, 0.1) is 0 Å². The first-order valence-corrected chi connectivity index (χ1v) is 7.71. The highest BCUT2D eigenvalue weighted by molar-refractivity contribution is 5.78. The lowest BCUT2D eigenvalue weighted by Gasteiger charge is -2.30. The Balaban J connectivity index is 2.15. The van der Waals surface area contributed by atoms with Crippen LogP contribution in [0.15, 0.2) is 0 Å². The van der Waals surface area contributed by atoms with E-state index >= 15 is 0 Å². The fourth-order valence-corrected chi connectivity index (χ4v) is 2.74. The van der Waals surface area contributed by atoms with Crippen LogP contribution < -0.4 is 11.1 Å². The van der Waals surface area contributed by atoms with Crippen molar-refractivity contribution in [2.45, 2.75) is 52.0 Å². The second kappa shape index (κ2) is 8.54. The lowest BCUT2D eigenvalue weighted by molar-refractivity contribution is -0.125. The molecule has 0 aliphatic carbocycles. The summed E-state index contributed by atoms with van der Waals surface area (Å²) in [5, 5.41) is 3.11. The summed E-state index contributed by atoms with van der Waals surface area (Å²) in [7, 11) is 2.16. The lowest BCUT2D eigenvalue weighted by atomic mass is 9.97. The smallest absolute Gasteiger partial charge is 0.222 e. The van der Waals surface area contributed by atoms with Crippen LogP contribution in [0.3, 0.4) is 0 Å². The van der Waals surface area contributed by atoms with Crippen LogP contribution in [0.1, 0.15) is 46.0 Å². The molecule has 0 radical (unpaired) electrons. The quantitative estimate of drug-likeness (QED) is 0.738. The molecule has 1 aliphatic heterocycles. The van der Waals surface area contributed by atoms with Crippen LogP contribution >= 0.6 is 0 Å². The predicted octanol–water partition coefficient (Wildman–Crippen LogP) is 1.60. The zero-order valence-corrected chi connectivity index (χ0v) is 12.8. The number of piperidine rings is 1. The number of likely N-dealkylation sites (tertiary alicyclic amines) is 1. The van der Waals surface area contributed by atoms with Crippen molar-refractivity contribution in [3.63, 3.8) is 0 Å². The maximum absolute atomic E-state index is 12.0. The molecule has 0 aromatic heterocycles. The molecule has 3 N–H and O–H groups in total. The molecule has 0 spiro atoms. The number of carbonyl (C=O) groups is 1. The molecule has 1 amide bonds. The summed E-state index contributed by atoms with van der Waals surface area (Å²) < 4.78 is 0. The first-order valence-electron chi connectivity index (χ1n) is 7.71. The van der Waals surface area contributed by atoms with Gasteiger partial charge in [0.25, 0.3) is 0 Å². The Kier molecular flexibility index (Phi) is 7.39. The SMILES string of the molecule is CC(N)CCCC(C)C(=O)NCC1CCCN(C)C1. The van der Waals surface area contributed by atoms with Crippen LogP contribution in [-0.2, 0) is 4.79 Å². The summed E-state index contributed by atoms with van der Waals surface area (Å²) in [6.07, 6.45) is 5.48. The van der Waals surface area contributed by atoms with Gasteiger partial charge in [-0.15, -0.1) is 0 Å². The first kappa shape index (κ1) is 16.4. The largest absolute Gasteiger partial charge is 0.356 e. The van der Waals surface area contributed by atoms with Gasteiger partial charge in [-0.05, 0) is 52.1 Å². The first-order chi connectivity index (χ1) is 8.99. The van der Waals surface area contributed by atoms with Crippen molar-refractivity contribution in [2.24, 2.45) is 17.6 Å². The third kappa shape index (κ3) is 6.92. The summed E-state index contributed by atoms with van der Waals surface area (Å²) in [6.45, 7) is 7.17. The predicted molar refractivity (Wildman–Crippen MR) is 79.9 cm³/mol. The van der Waals surface area contributed by atoms with E-state index in [0.29, 0.717) is 5.92 Å². The van der Waals surface area contributed by atoms with E-state index < -0.39 is 0 Å². The highest BCUT2D eigenvalue weighted by Crippen LogP contribution is 2.14. The van der Waals surface area contributed by atoms with Crippen LogP contribution in [0.25, 0.3) is 0 Å². The molecule has 1 aliphatic rings. The Morgan fingerprint density at radius 2 is 2.16 bits per heavy atom. The highest BCUT2D eigenvalue weighted by Gasteiger charge is 2.19. The van der Waals surface area contributed by atoms with E-state index in [2.05, 4.69) is 17.3 Å². The zero-order valence-electron chi connectivity index (χ0n) is 12.8. The molecule has 4 heteroatoms. The van der Waals surface area contributed by atoms with Crippen LogP contribution in [0.4, 0.5) is 0 Å². The minimum absolute atomic E-state index is 0.111. The van der Waals surface area contributed by atoms with Crippen LogP contribution in [0, 0.1) is 11.8 Å². The molecule has 112 valence electrons. The number of amides is 1. The minimum atomic E-state index is 0.111. The number of hydrogen-bond acceptors (Lipinski definition) is 3. The van der Waals surface area contributed by atoms with Crippen LogP contribution in [0.5, 0.6) is 0 Å². The summed E-state index contributed by atoms with van der Waals surface area (Å²) >= 11 is 0. The van der Waals surface area contributed by atoms with E-state index in [9.17, 15) is 4.79 Å². The van der Waals surface area contributed by atoms with E-state index in [4.69, 9.17) is 5.73 Å². The summed E-state index contributed by atoms with van der Waals surface area (Å²) in [4.78, 5) is 14.3. The molecule has 0 bridgehead atoms. The fraction of sp³-hybridized carbons (Fsp3) is 0.933. The van der Waals surface area contributed by atoms with Crippen LogP contribution in [-0.4, -0.2) is 43.5 Å².